The highest BCUT2D eigenvalue weighted by molar-refractivity contribution is 7.98. The second-order valence-corrected chi connectivity index (χ2v) is 5.44. The number of thioether (sulfide) groups is 1. The highest BCUT2D eigenvalue weighted by atomic mass is 32.2. The Morgan fingerprint density at radius 3 is 2.76 bits per heavy atom. The van der Waals surface area contributed by atoms with Crippen LogP contribution in [0.25, 0.3) is 0 Å². The lowest BCUT2D eigenvalue weighted by atomic mass is 10.2. The summed E-state index contributed by atoms with van der Waals surface area (Å²) in [6, 6.07) is 6.46. The van der Waals surface area contributed by atoms with Crippen molar-refractivity contribution < 1.29 is 9.13 Å². The number of guanidine groups is 1. The third kappa shape index (κ3) is 6.71. The van der Waals surface area contributed by atoms with Gasteiger partial charge in [-0.1, -0.05) is 19.1 Å². The number of hydrogen-bond acceptors (Lipinski definition) is 3. The van der Waals surface area contributed by atoms with Gasteiger partial charge in [0.25, 0.3) is 0 Å². The SMILES string of the molecule is CCC(CNC(=NC)NCCSC)Oc1ccccc1F. The van der Waals surface area contributed by atoms with Crippen molar-refractivity contribution in [3.8, 4) is 5.75 Å². The topological polar surface area (TPSA) is 45.7 Å². The van der Waals surface area contributed by atoms with Crippen LogP contribution in [0.2, 0.25) is 0 Å². The van der Waals surface area contributed by atoms with Crippen molar-refractivity contribution >= 4 is 17.7 Å². The molecule has 0 heterocycles. The fraction of sp³-hybridized carbons (Fsp3) is 0.533. The molecule has 0 saturated carbocycles. The van der Waals surface area contributed by atoms with Crippen LogP contribution in [0.15, 0.2) is 29.3 Å². The summed E-state index contributed by atoms with van der Waals surface area (Å²) in [5.74, 6) is 1.71. The zero-order chi connectivity index (χ0) is 15.5. The van der Waals surface area contributed by atoms with Gasteiger partial charge in [-0.05, 0) is 24.8 Å². The van der Waals surface area contributed by atoms with Crippen LogP contribution in [-0.2, 0) is 0 Å². The Labute approximate surface area is 130 Å². The summed E-state index contributed by atoms with van der Waals surface area (Å²) in [6.45, 7) is 3.44. The van der Waals surface area contributed by atoms with Gasteiger partial charge in [0.1, 0.15) is 6.10 Å². The minimum absolute atomic E-state index is 0.110. The van der Waals surface area contributed by atoms with Crippen molar-refractivity contribution in [2.75, 3.05) is 32.1 Å². The molecule has 0 bridgehead atoms. The number of nitrogens with zero attached hydrogens (tertiary/aromatic N) is 1. The van der Waals surface area contributed by atoms with Crippen molar-refractivity contribution in [2.24, 2.45) is 4.99 Å². The van der Waals surface area contributed by atoms with E-state index in [1.54, 1.807) is 37.0 Å². The van der Waals surface area contributed by atoms with Crippen LogP contribution in [0.4, 0.5) is 4.39 Å². The van der Waals surface area contributed by atoms with Crippen LogP contribution in [0.1, 0.15) is 13.3 Å². The summed E-state index contributed by atoms with van der Waals surface area (Å²) in [6.07, 6.45) is 2.73. The molecule has 0 aliphatic rings. The Morgan fingerprint density at radius 2 is 2.14 bits per heavy atom. The van der Waals surface area contributed by atoms with Crippen molar-refractivity contribution in [2.45, 2.75) is 19.4 Å². The number of aliphatic imine (C=N–C) groups is 1. The molecule has 0 amide bonds. The van der Waals surface area contributed by atoms with Crippen LogP contribution in [-0.4, -0.2) is 44.2 Å². The molecule has 21 heavy (non-hydrogen) atoms. The van der Waals surface area contributed by atoms with E-state index in [2.05, 4.69) is 21.9 Å². The predicted molar refractivity (Wildman–Crippen MR) is 88.9 cm³/mol. The lowest BCUT2D eigenvalue weighted by Gasteiger charge is -2.20. The lowest BCUT2D eigenvalue weighted by Crippen LogP contribution is -2.43. The van der Waals surface area contributed by atoms with Crippen LogP contribution in [0.3, 0.4) is 0 Å². The first-order chi connectivity index (χ1) is 10.2. The van der Waals surface area contributed by atoms with Gasteiger partial charge in [0, 0.05) is 19.3 Å². The maximum absolute atomic E-state index is 13.6. The predicted octanol–water partition coefficient (Wildman–Crippen LogP) is 2.51. The highest BCUT2D eigenvalue weighted by Gasteiger charge is 2.11. The van der Waals surface area contributed by atoms with Gasteiger partial charge in [0.15, 0.2) is 17.5 Å². The first-order valence-corrected chi connectivity index (χ1v) is 8.45. The van der Waals surface area contributed by atoms with Crippen molar-refractivity contribution in [3.05, 3.63) is 30.1 Å². The van der Waals surface area contributed by atoms with Gasteiger partial charge < -0.3 is 15.4 Å². The van der Waals surface area contributed by atoms with Gasteiger partial charge in [0.2, 0.25) is 0 Å². The number of halogens is 1. The smallest absolute Gasteiger partial charge is 0.191 e. The molecule has 0 radical (unpaired) electrons. The van der Waals surface area contributed by atoms with E-state index >= 15 is 0 Å². The Hall–Kier alpha value is -1.43. The Kier molecular flexibility index (Phi) is 8.66. The molecule has 1 atom stereocenters. The minimum atomic E-state index is -0.335. The molecule has 1 aromatic rings. The van der Waals surface area contributed by atoms with E-state index < -0.39 is 0 Å². The molecule has 0 aromatic heterocycles. The Bertz CT molecular complexity index is 443. The number of hydrogen-bond donors (Lipinski definition) is 2. The maximum Gasteiger partial charge on any atom is 0.191 e. The van der Waals surface area contributed by atoms with Gasteiger partial charge in [-0.25, -0.2) is 4.39 Å². The van der Waals surface area contributed by atoms with E-state index in [9.17, 15) is 4.39 Å². The molecule has 0 aliphatic carbocycles. The first-order valence-electron chi connectivity index (χ1n) is 7.05. The fourth-order valence-corrected chi connectivity index (χ4v) is 2.00. The number of para-hydroxylation sites is 1. The van der Waals surface area contributed by atoms with Gasteiger partial charge in [-0.3, -0.25) is 4.99 Å². The zero-order valence-corrected chi connectivity index (χ0v) is 13.7. The second kappa shape index (κ2) is 10.3. The standard InChI is InChI=1S/C15H24FN3OS/c1-4-12(20-14-8-6-5-7-13(14)16)11-19-15(17-2)18-9-10-21-3/h5-8,12H,4,9-11H2,1-3H3,(H2,17,18,19). The van der Waals surface area contributed by atoms with E-state index in [4.69, 9.17) is 4.74 Å². The third-order valence-corrected chi connectivity index (χ3v) is 3.52. The second-order valence-electron chi connectivity index (χ2n) is 4.45. The normalized spacial score (nSPS) is 12.9. The van der Waals surface area contributed by atoms with Crippen LogP contribution < -0.4 is 15.4 Å². The van der Waals surface area contributed by atoms with Crippen LogP contribution in [0.5, 0.6) is 5.75 Å². The Morgan fingerprint density at radius 1 is 1.38 bits per heavy atom. The maximum atomic E-state index is 13.6. The van der Waals surface area contributed by atoms with E-state index in [0.29, 0.717) is 6.54 Å². The zero-order valence-electron chi connectivity index (χ0n) is 12.9. The van der Waals surface area contributed by atoms with Crippen molar-refractivity contribution in [1.82, 2.24) is 10.6 Å². The molecule has 0 saturated heterocycles. The molecule has 4 nitrogen and oxygen atoms in total. The largest absolute Gasteiger partial charge is 0.486 e. The summed E-state index contributed by atoms with van der Waals surface area (Å²) in [5, 5.41) is 6.41. The summed E-state index contributed by atoms with van der Waals surface area (Å²) < 4.78 is 19.3. The minimum Gasteiger partial charge on any atom is -0.486 e. The van der Waals surface area contributed by atoms with E-state index in [1.807, 2.05) is 6.92 Å². The molecule has 118 valence electrons. The summed E-state index contributed by atoms with van der Waals surface area (Å²) in [5.41, 5.74) is 0. The van der Waals surface area contributed by atoms with Gasteiger partial charge in [-0.2, -0.15) is 11.8 Å². The van der Waals surface area contributed by atoms with E-state index in [0.717, 1.165) is 24.7 Å². The first kappa shape index (κ1) is 17.6. The molecular weight excluding hydrogens is 289 g/mol. The molecule has 0 aliphatic heterocycles. The molecule has 1 rings (SSSR count). The summed E-state index contributed by atoms with van der Waals surface area (Å²) in [4.78, 5) is 4.15. The van der Waals surface area contributed by atoms with Crippen LogP contribution >= 0.6 is 11.8 Å². The fourth-order valence-electron chi connectivity index (χ4n) is 1.69. The van der Waals surface area contributed by atoms with E-state index in [-0.39, 0.29) is 17.7 Å². The number of nitrogens with one attached hydrogen (secondary N) is 2. The van der Waals surface area contributed by atoms with Crippen molar-refractivity contribution in [1.29, 1.82) is 0 Å². The summed E-state index contributed by atoms with van der Waals surface area (Å²) in [7, 11) is 1.73. The highest BCUT2D eigenvalue weighted by Crippen LogP contribution is 2.17. The number of rotatable bonds is 8. The molecule has 0 fully saturated rings. The average molecular weight is 313 g/mol. The van der Waals surface area contributed by atoms with Crippen LogP contribution in [0, 0.1) is 5.82 Å². The number of ether oxygens (including phenoxy) is 1. The monoisotopic (exact) mass is 313 g/mol. The average Bonchev–Trinajstić information content (AvgIpc) is 2.51. The molecule has 6 heteroatoms. The number of benzene rings is 1. The van der Waals surface area contributed by atoms with Gasteiger partial charge >= 0.3 is 0 Å². The molecular formula is C15H24FN3OS. The quantitative estimate of drug-likeness (QED) is 0.440. The van der Waals surface area contributed by atoms with Gasteiger partial charge in [-0.15, -0.1) is 0 Å². The van der Waals surface area contributed by atoms with Crippen molar-refractivity contribution in [3.63, 3.8) is 0 Å². The lowest BCUT2D eigenvalue weighted by molar-refractivity contribution is 0.191. The molecule has 0 spiro atoms. The summed E-state index contributed by atoms with van der Waals surface area (Å²) >= 11 is 1.77. The molecule has 1 unspecified atom stereocenters. The third-order valence-electron chi connectivity index (χ3n) is 2.91. The van der Waals surface area contributed by atoms with E-state index in [1.165, 1.54) is 6.07 Å². The Balaban J connectivity index is 2.45. The molecule has 1 aromatic carbocycles. The molecule has 2 N–H and O–H groups in total. The van der Waals surface area contributed by atoms with Gasteiger partial charge in [0.05, 0.1) is 6.54 Å².